The van der Waals surface area contributed by atoms with Gasteiger partial charge in [-0.1, -0.05) is 12.8 Å². The molecule has 2 rings (SSSR count). The van der Waals surface area contributed by atoms with E-state index in [1.807, 2.05) is 12.3 Å². The molecule has 5 nitrogen and oxygen atoms in total. The van der Waals surface area contributed by atoms with Crippen LogP contribution >= 0.6 is 0 Å². The second-order valence-corrected chi connectivity index (χ2v) is 4.25. The average Bonchev–Trinajstić information content (AvgIpc) is 2.90. The van der Waals surface area contributed by atoms with Crippen LogP contribution in [0, 0.1) is 0 Å². The standard InChI is InChI=1S/C11H19N3O2/c15-10(9-14-7-3-6-12-14)8-13-16-11-4-1-2-5-11/h3,6-7,10-11,13,15H,1-2,4-5,8-9H2. The normalized spacial score (nSPS) is 19.1. The highest BCUT2D eigenvalue weighted by Gasteiger charge is 2.15. The van der Waals surface area contributed by atoms with Gasteiger partial charge in [-0.3, -0.25) is 9.52 Å². The monoisotopic (exact) mass is 225 g/mol. The summed E-state index contributed by atoms with van der Waals surface area (Å²) in [5, 5.41) is 13.7. The molecule has 1 fully saturated rings. The lowest BCUT2D eigenvalue weighted by Crippen LogP contribution is -2.32. The number of aromatic nitrogens is 2. The summed E-state index contributed by atoms with van der Waals surface area (Å²) in [6.45, 7) is 0.935. The molecule has 0 aromatic carbocycles. The fourth-order valence-corrected chi connectivity index (χ4v) is 1.96. The fraction of sp³-hybridized carbons (Fsp3) is 0.727. The maximum absolute atomic E-state index is 9.69. The smallest absolute Gasteiger partial charge is 0.0883 e. The molecule has 1 aromatic heterocycles. The van der Waals surface area contributed by atoms with E-state index in [9.17, 15) is 5.11 Å². The van der Waals surface area contributed by atoms with Crippen LogP contribution in [-0.4, -0.2) is 33.6 Å². The second-order valence-electron chi connectivity index (χ2n) is 4.25. The molecule has 1 atom stereocenters. The van der Waals surface area contributed by atoms with Gasteiger partial charge >= 0.3 is 0 Å². The topological polar surface area (TPSA) is 59.3 Å². The van der Waals surface area contributed by atoms with Crippen molar-refractivity contribution < 1.29 is 9.94 Å². The molecule has 0 aliphatic heterocycles. The van der Waals surface area contributed by atoms with Gasteiger partial charge in [0.2, 0.25) is 0 Å². The molecule has 2 N–H and O–H groups in total. The van der Waals surface area contributed by atoms with Crippen LogP contribution in [0.15, 0.2) is 18.5 Å². The third-order valence-corrected chi connectivity index (χ3v) is 2.83. The van der Waals surface area contributed by atoms with Gasteiger partial charge in [-0.05, 0) is 18.9 Å². The maximum Gasteiger partial charge on any atom is 0.0883 e. The summed E-state index contributed by atoms with van der Waals surface area (Å²) in [6, 6.07) is 1.84. The highest BCUT2D eigenvalue weighted by atomic mass is 16.7. The first-order valence-electron chi connectivity index (χ1n) is 5.88. The number of hydroxylamine groups is 1. The van der Waals surface area contributed by atoms with Gasteiger partial charge in [-0.2, -0.15) is 10.6 Å². The number of nitrogens with one attached hydrogen (secondary N) is 1. The molecule has 1 unspecified atom stereocenters. The first kappa shape index (κ1) is 11.6. The number of nitrogens with zero attached hydrogens (tertiary/aromatic N) is 2. The summed E-state index contributed by atoms with van der Waals surface area (Å²) in [4.78, 5) is 5.45. The van der Waals surface area contributed by atoms with E-state index in [0.29, 0.717) is 19.2 Å². The lowest BCUT2D eigenvalue weighted by atomic mass is 10.3. The Morgan fingerprint density at radius 2 is 2.31 bits per heavy atom. The van der Waals surface area contributed by atoms with Gasteiger partial charge in [0.05, 0.1) is 18.8 Å². The molecule has 5 heteroatoms. The van der Waals surface area contributed by atoms with Crippen LogP contribution < -0.4 is 5.48 Å². The minimum Gasteiger partial charge on any atom is -0.390 e. The zero-order valence-electron chi connectivity index (χ0n) is 9.38. The third kappa shape index (κ3) is 3.59. The predicted octanol–water partition coefficient (Wildman–Crippen LogP) is 0.708. The SMILES string of the molecule is OC(CNOC1CCCC1)Cn1cccn1. The second kappa shape index (κ2) is 5.98. The van der Waals surface area contributed by atoms with Gasteiger partial charge in [0.15, 0.2) is 0 Å². The Morgan fingerprint density at radius 1 is 1.50 bits per heavy atom. The van der Waals surface area contributed by atoms with Crippen molar-refractivity contribution in [3.8, 4) is 0 Å². The minimum atomic E-state index is -0.471. The van der Waals surface area contributed by atoms with E-state index in [2.05, 4.69) is 10.6 Å². The zero-order valence-corrected chi connectivity index (χ0v) is 9.38. The van der Waals surface area contributed by atoms with E-state index in [-0.39, 0.29) is 0 Å². The van der Waals surface area contributed by atoms with Crippen molar-refractivity contribution in [2.45, 2.75) is 44.4 Å². The molecule has 0 amide bonds. The van der Waals surface area contributed by atoms with Crippen molar-refractivity contribution in [3.05, 3.63) is 18.5 Å². The summed E-state index contributed by atoms with van der Waals surface area (Å²) in [5.74, 6) is 0. The Hall–Kier alpha value is -0.910. The molecule has 1 saturated carbocycles. The first-order chi connectivity index (χ1) is 7.84. The van der Waals surface area contributed by atoms with Gasteiger partial charge < -0.3 is 5.11 Å². The summed E-state index contributed by atoms with van der Waals surface area (Å²) >= 11 is 0. The van der Waals surface area contributed by atoms with Crippen LogP contribution in [0.4, 0.5) is 0 Å². The Morgan fingerprint density at radius 3 is 3.00 bits per heavy atom. The summed E-state index contributed by atoms with van der Waals surface area (Å²) in [6.07, 6.45) is 8.16. The van der Waals surface area contributed by atoms with Crippen LogP contribution in [0.1, 0.15) is 25.7 Å². The summed E-state index contributed by atoms with van der Waals surface area (Å²) in [7, 11) is 0. The molecule has 1 aromatic rings. The number of hydrogen-bond acceptors (Lipinski definition) is 4. The molecule has 90 valence electrons. The van der Waals surface area contributed by atoms with Crippen molar-refractivity contribution in [3.63, 3.8) is 0 Å². The van der Waals surface area contributed by atoms with E-state index in [1.54, 1.807) is 10.9 Å². The van der Waals surface area contributed by atoms with Crippen LogP contribution in [0.5, 0.6) is 0 Å². The van der Waals surface area contributed by atoms with Crippen LogP contribution in [0.25, 0.3) is 0 Å². The highest BCUT2D eigenvalue weighted by molar-refractivity contribution is 4.78. The van der Waals surface area contributed by atoms with E-state index in [1.165, 1.54) is 12.8 Å². The lowest BCUT2D eigenvalue weighted by molar-refractivity contribution is -0.0388. The highest BCUT2D eigenvalue weighted by Crippen LogP contribution is 2.19. The predicted molar refractivity (Wildman–Crippen MR) is 59.6 cm³/mol. The van der Waals surface area contributed by atoms with Crippen molar-refractivity contribution in [1.82, 2.24) is 15.3 Å². The number of aliphatic hydroxyl groups is 1. The van der Waals surface area contributed by atoms with E-state index in [0.717, 1.165) is 12.8 Å². The zero-order chi connectivity index (χ0) is 11.2. The van der Waals surface area contributed by atoms with E-state index in [4.69, 9.17) is 4.84 Å². The van der Waals surface area contributed by atoms with Gasteiger partial charge in [0.1, 0.15) is 0 Å². The molecular weight excluding hydrogens is 206 g/mol. The Balaban J connectivity index is 1.58. The van der Waals surface area contributed by atoms with Gasteiger partial charge in [0.25, 0.3) is 0 Å². The number of aliphatic hydroxyl groups excluding tert-OH is 1. The van der Waals surface area contributed by atoms with E-state index >= 15 is 0 Å². The average molecular weight is 225 g/mol. The Kier molecular flexibility index (Phi) is 4.33. The summed E-state index contributed by atoms with van der Waals surface area (Å²) in [5.41, 5.74) is 2.85. The molecule has 1 aliphatic carbocycles. The summed E-state index contributed by atoms with van der Waals surface area (Å²) < 4.78 is 1.71. The van der Waals surface area contributed by atoms with Gasteiger partial charge in [-0.15, -0.1) is 0 Å². The van der Waals surface area contributed by atoms with Crippen LogP contribution in [0.2, 0.25) is 0 Å². The molecule has 0 saturated heterocycles. The lowest BCUT2D eigenvalue weighted by Gasteiger charge is -2.15. The quantitative estimate of drug-likeness (QED) is 0.700. The fourth-order valence-electron chi connectivity index (χ4n) is 1.96. The van der Waals surface area contributed by atoms with Crippen LogP contribution in [-0.2, 0) is 11.4 Å². The molecule has 0 spiro atoms. The van der Waals surface area contributed by atoms with Crippen molar-refractivity contribution >= 4 is 0 Å². The van der Waals surface area contributed by atoms with Gasteiger partial charge in [-0.25, -0.2) is 0 Å². The van der Waals surface area contributed by atoms with Crippen molar-refractivity contribution in [2.24, 2.45) is 0 Å². The minimum absolute atomic E-state index is 0.330. The Labute approximate surface area is 95.4 Å². The molecule has 16 heavy (non-hydrogen) atoms. The number of rotatable bonds is 6. The maximum atomic E-state index is 9.69. The number of hydrogen-bond donors (Lipinski definition) is 2. The van der Waals surface area contributed by atoms with E-state index < -0.39 is 6.10 Å². The molecule has 1 heterocycles. The first-order valence-corrected chi connectivity index (χ1v) is 5.88. The molecular formula is C11H19N3O2. The molecule has 0 radical (unpaired) electrons. The third-order valence-electron chi connectivity index (χ3n) is 2.83. The Bertz CT molecular complexity index is 283. The van der Waals surface area contributed by atoms with Gasteiger partial charge in [0, 0.05) is 18.9 Å². The largest absolute Gasteiger partial charge is 0.390 e. The molecule has 1 aliphatic rings. The van der Waals surface area contributed by atoms with Crippen molar-refractivity contribution in [1.29, 1.82) is 0 Å². The molecule has 0 bridgehead atoms. The van der Waals surface area contributed by atoms with Crippen LogP contribution in [0.3, 0.4) is 0 Å². The van der Waals surface area contributed by atoms with Crippen molar-refractivity contribution in [2.75, 3.05) is 6.54 Å².